The summed E-state index contributed by atoms with van der Waals surface area (Å²) >= 11 is 0. The molecule has 3 nitrogen and oxygen atoms in total. The molecule has 0 aliphatic carbocycles. The molecule has 0 bridgehead atoms. The van der Waals surface area contributed by atoms with Crippen LogP contribution in [-0.2, 0) is 6.61 Å². The van der Waals surface area contributed by atoms with Crippen molar-refractivity contribution in [2.75, 3.05) is 7.11 Å². The van der Waals surface area contributed by atoms with Gasteiger partial charge in [0.15, 0.2) is 0 Å². The van der Waals surface area contributed by atoms with Gasteiger partial charge in [0.1, 0.15) is 11.6 Å². The molecule has 0 aliphatic heterocycles. The number of ether oxygens (including phenoxy) is 1. The number of aliphatic hydroxyl groups is 1. The number of aliphatic hydroxyl groups excluding tert-OH is 1. The summed E-state index contributed by atoms with van der Waals surface area (Å²) in [6.07, 6.45) is 1.57. The summed E-state index contributed by atoms with van der Waals surface area (Å²) in [5, 5.41) is 9.01. The van der Waals surface area contributed by atoms with Crippen molar-refractivity contribution < 1.29 is 14.2 Å². The molecule has 2 rings (SSSR count). The van der Waals surface area contributed by atoms with Gasteiger partial charge in [0.2, 0.25) is 0 Å². The number of hydrogen-bond donors (Lipinski definition) is 1. The van der Waals surface area contributed by atoms with Crippen molar-refractivity contribution in [1.82, 2.24) is 4.98 Å². The molecule has 0 amide bonds. The van der Waals surface area contributed by atoms with Crippen molar-refractivity contribution in [3.05, 3.63) is 47.9 Å². The molecule has 0 radical (unpaired) electrons. The highest BCUT2D eigenvalue weighted by Gasteiger charge is 2.04. The predicted molar refractivity (Wildman–Crippen MR) is 62.1 cm³/mol. The number of aromatic nitrogens is 1. The lowest BCUT2D eigenvalue weighted by molar-refractivity contribution is 0.281. The van der Waals surface area contributed by atoms with Crippen molar-refractivity contribution >= 4 is 0 Å². The third-order valence-electron chi connectivity index (χ3n) is 2.41. The predicted octanol–water partition coefficient (Wildman–Crippen LogP) is 2.39. The molecule has 17 heavy (non-hydrogen) atoms. The fourth-order valence-electron chi connectivity index (χ4n) is 1.56. The molecule has 88 valence electrons. The van der Waals surface area contributed by atoms with E-state index in [1.807, 2.05) is 0 Å². The van der Waals surface area contributed by atoms with E-state index in [1.165, 1.54) is 12.1 Å². The van der Waals surface area contributed by atoms with E-state index in [2.05, 4.69) is 4.98 Å². The first kappa shape index (κ1) is 11.5. The van der Waals surface area contributed by atoms with Gasteiger partial charge in [-0.2, -0.15) is 0 Å². The molecule has 0 unspecified atom stereocenters. The first-order valence-electron chi connectivity index (χ1n) is 5.13. The van der Waals surface area contributed by atoms with E-state index in [9.17, 15) is 4.39 Å². The second-order valence-corrected chi connectivity index (χ2v) is 3.59. The van der Waals surface area contributed by atoms with Crippen LogP contribution in [0.3, 0.4) is 0 Å². The van der Waals surface area contributed by atoms with Crippen LogP contribution in [0.5, 0.6) is 5.75 Å². The van der Waals surface area contributed by atoms with Gasteiger partial charge in [0, 0.05) is 5.56 Å². The lowest BCUT2D eigenvalue weighted by Gasteiger charge is -2.05. The number of pyridine rings is 1. The zero-order valence-electron chi connectivity index (χ0n) is 9.35. The molecule has 1 aromatic carbocycles. The van der Waals surface area contributed by atoms with Gasteiger partial charge < -0.3 is 9.84 Å². The Hall–Kier alpha value is -1.94. The molecule has 2 aromatic rings. The Bertz CT molecular complexity index is 511. The Morgan fingerprint density at radius 1 is 1.29 bits per heavy atom. The van der Waals surface area contributed by atoms with E-state index in [4.69, 9.17) is 9.84 Å². The van der Waals surface area contributed by atoms with E-state index < -0.39 is 0 Å². The average Bonchev–Trinajstić information content (AvgIpc) is 2.38. The van der Waals surface area contributed by atoms with Crippen LogP contribution in [0.1, 0.15) is 5.56 Å². The maximum absolute atomic E-state index is 13.3. The summed E-state index contributed by atoms with van der Waals surface area (Å²) < 4.78 is 18.3. The Kier molecular flexibility index (Phi) is 3.35. The largest absolute Gasteiger partial charge is 0.495 e. The summed E-state index contributed by atoms with van der Waals surface area (Å²) in [5.41, 5.74) is 1.80. The fraction of sp³-hybridized carbons (Fsp3) is 0.154. The molecule has 0 fully saturated rings. The van der Waals surface area contributed by atoms with E-state index in [0.29, 0.717) is 22.6 Å². The number of benzene rings is 1. The van der Waals surface area contributed by atoms with Gasteiger partial charge >= 0.3 is 0 Å². The second-order valence-electron chi connectivity index (χ2n) is 3.59. The summed E-state index contributed by atoms with van der Waals surface area (Å²) in [4.78, 5) is 4.16. The Morgan fingerprint density at radius 3 is 2.71 bits per heavy atom. The number of rotatable bonds is 3. The van der Waals surface area contributed by atoms with Crippen LogP contribution in [0.4, 0.5) is 4.39 Å². The molecule has 0 saturated carbocycles. The third-order valence-corrected chi connectivity index (χ3v) is 2.41. The SMILES string of the molecule is COc1ccc(-c2cc(F)cc(CO)c2)nc1. The van der Waals surface area contributed by atoms with Gasteiger partial charge in [0.25, 0.3) is 0 Å². The zero-order chi connectivity index (χ0) is 12.3. The fourth-order valence-corrected chi connectivity index (χ4v) is 1.56. The van der Waals surface area contributed by atoms with Gasteiger partial charge in [-0.25, -0.2) is 4.39 Å². The van der Waals surface area contributed by atoms with Crippen LogP contribution in [0.25, 0.3) is 11.3 Å². The maximum atomic E-state index is 13.3. The standard InChI is InChI=1S/C13H12FNO2/c1-17-12-2-3-13(15-7-12)10-4-9(8-16)5-11(14)6-10/h2-7,16H,8H2,1H3. The topological polar surface area (TPSA) is 42.4 Å². The van der Waals surface area contributed by atoms with Crippen LogP contribution in [-0.4, -0.2) is 17.2 Å². The average molecular weight is 233 g/mol. The molecule has 0 aliphatic rings. The minimum atomic E-state index is -0.385. The van der Waals surface area contributed by atoms with Crippen molar-refractivity contribution in [1.29, 1.82) is 0 Å². The number of hydrogen-bond acceptors (Lipinski definition) is 3. The maximum Gasteiger partial charge on any atom is 0.137 e. The monoisotopic (exact) mass is 233 g/mol. The van der Waals surface area contributed by atoms with Gasteiger partial charge in [-0.05, 0) is 35.9 Å². The molecule has 0 spiro atoms. The van der Waals surface area contributed by atoms with Gasteiger partial charge in [-0.15, -0.1) is 0 Å². The highest BCUT2D eigenvalue weighted by atomic mass is 19.1. The number of halogens is 1. The summed E-state index contributed by atoms with van der Waals surface area (Å²) in [5.74, 6) is 0.261. The van der Waals surface area contributed by atoms with E-state index >= 15 is 0 Å². The van der Waals surface area contributed by atoms with E-state index in [1.54, 1.807) is 31.5 Å². The van der Waals surface area contributed by atoms with E-state index in [0.717, 1.165) is 0 Å². The van der Waals surface area contributed by atoms with Gasteiger partial charge in [-0.3, -0.25) is 4.98 Å². The number of methoxy groups -OCH3 is 1. The van der Waals surface area contributed by atoms with Crippen LogP contribution >= 0.6 is 0 Å². The first-order chi connectivity index (χ1) is 8.22. The molecular weight excluding hydrogens is 221 g/mol. The summed E-state index contributed by atoms with van der Waals surface area (Å²) in [6, 6.07) is 7.89. The van der Waals surface area contributed by atoms with E-state index in [-0.39, 0.29) is 12.4 Å². The molecule has 1 heterocycles. The summed E-state index contributed by atoms with van der Waals surface area (Å²) in [6.45, 7) is -0.194. The molecule has 1 aromatic heterocycles. The molecule has 0 saturated heterocycles. The van der Waals surface area contributed by atoms with Crippen LogP contribution < -0.4 is 4.74 Å². The highest BCUT2D eigenvalue weighted by Crippen LogP contribution is 2.21. The van der Waals surface area contributed by atoms with Crippen molar-refractivity contribution in [2.45, 2.75) is 6.61 Å². The minimum absolute atomic E-state index is 0.194. The second kappa shape index (κ2) is 4.93. The molecular formula is C13H12FNO2. The van der Waals surface area contributed by atoms with Gasteiger partial charge in [0.05, 0.1) is 25.6 Å². The van der Waals surface area contributed by atoms with Crippen LogP contribution in [0.15, 0.2) is 36.5 Å². The van der Waals surface area contributed by atoms with Crippen LogP contribution in [0, 0.1) is 5.82 Å². The van der Waals surface area contributed by atoms with Crippen molar-refractivity contribution in [3.63, 3.8) is 0 Å². The molecule has 1 N–H and O–H groups in total. The lowest BCUT2D eigenvalue weighted by atomic mass is 10.1. The Balaban J connectivity index is 2.41. The highest BCUT2D eigenvalue weighted by molar-refractivity contribution is 5.60. The Labute approximate surface area is 98.5 Å². The third kappa shape index (κ3) is 2.60. The zero-order valence-corrected chi connectivity index (χ0v) is 9.35. The minimum Gasteiger partial charge on any atom is -0.495 e. The smallest absolute Gasteiger partial charge is 0.137 e. The van der Waals surface area contributed by atoms with Crippen LogP contribution in [0.2, 0.25) is 0 Å². The first-order valence-corrected chi connectivity index (χ1v) is 5.13. The normalized spacial score (nSPS) is 10.3. The molecule has 0 atom stereocenters. The molecule has 4 heteroatoms. The lowest BCUT2D eigenvalue weighted by Crippen LogP contribution is -1.91. The summed E-state index contributed by atoms with van der Waals surface area (Å²) in [7, 11) is 1.56. The van der Waals surface area contributed by atoms with Gasteiger partial charge in [-0.1, -0.05) is 0 Å². The van der Waals surface area contributed by atoms with Crippen molar-refractivity contribution in [2.24, 2.45) is 0 Å². The number of nitrogens with zero attached hydrogens (tertiary/aromatic N) is 1. The quantitative estimate of drug-likeness (QED) is 0.885. The Morgan fingerprint density at radius 2 is 2.12 bits per heavy atom. The van der Waals surface area contributed by atoms with Crippen molar-refractivity contribution in [3.8, 4) is 17.0 Å².